The highest BCUT2D eigenvalue weighted by molar-refractivity contribution is 5.85. The smallest absolute Gasteiger partial charge is 0.224 e. The topological polar surface area (TPSA) is 67.6 Å². The SMILES string of the molecule is CC(N)C(C)C(=O)NC(Cc1ccccc1)CN1CCOCC1.Cl.Cl. The molecule has 0 saturated carbocycles. The van der Waals surface area contributed by atoms with Crippen molar-refractivity contribution in [1.82, 2.24) is 10.2 Å². The number of nitrogens with two attached hydrogens (primary N) is 1. The van der Waals surface area contributed by atoms with Gasteiger partial charge in [0.2, 0.25) is 5.91 Å². The van der Waals surface area contributed by atoms with Crippen molar-refractivity contribution in [3.8, 4) is 0 Å². The fraction of sp³-hybridized carbons (Fsp3) is 0.611. The molecule has 0 bridgehead atoms. The summed E-state index contributed by atoms with van der Waals surface area (Å²) < 4.78 is 5.40. The Morgan fingerprint density at radius 3 is 2.36 bits per heavy atom. The number of carbonyl (C=O) groups excluding carboxylic acids is 1. The Bertz CT molecular complexity index is 482. The summed E-state index contributed by atoms with van der Waals surface area (Å²) in [6.45, 7) is 7.97. The Morgan fingerprint density at radius 1 is 1.20 bits per heavy atom. The number of benzene rings is 1. The van der Waals surface area contributed by atoms with E-state index in [1.165, 1.54) is 5.56 Å². The molecule has 1 aliphatic rings. The summed E-state index contributed by atoms with van der Waals surface area (Å²) in [6.07, 6.45) is 0.829. The van der Waals surface area contributed by atoms with Gasteiger partial charge >= 0.3 is 0 Å². The van der Waals surface area contributed by atoms with Crippen LogP contribution in [0.1, 0.15) is 19.4 Å². The molecule has 0 radical (unpaired) electrons. The zero-order valence-corrected chi connectivity index (χ0v) is 16.7. The van der Waals surface area contributed by atoms with Crippen molar-refractivity contribution >= 4 is 30.7 Å². The average Bonchev–Trinajstić information content (AvgIpc) is 2.55. The van der Waals surface area contributed by atoms with Crippen LogP contribution in [0.25, 0.3) is 0 Å². The van der Waals surface area contributed by atoms with Gasteiger partial charge in [-0.2, -0.15) is 0 Å². The maximum atomic E-state index is 12.4. The lowest BCUT2D eigenvalue weighted by molar-refractivity contribution is -0.125. The van der Waals surface area contributed by atoms with E-state index in [1.807, 2.05) is 32.0 Å². The van der Waals surface area contributed by atoms with Gasteiger partial charge in [0.25, 0.3) is 0 Å². The summed E-state index contributed by atoms with van der Waals surface area (Å²) in [4.78, 5) is 14.7. The second-order valence-corrected chi connectivity index (χ2v) is 6.46. The molecule has 3 atom stereocenters. The summed E-state index contributed by atoms with van der Waals surface area (Å²) in [5, 5.41) is 3.19. The van der Waals surface area contributed by atoms with Crippen LogP contribution in [0.3, 0.4) is 0 Å². The molecule has 1 aromatic carbocycles. The maximum absolute atomic E-state index is 12.4. The van der Waals surface area contributed by atoms with E-state index < -0.39 is 0 Å². The van der Waals surface area contributed by atoms with E-state index in [9.17, 15) is 4.79 Å². The first-order valence-corrected chi connectivity index (χ1v) is 8.46. The van der Waals surface area contributed by atoms with Crippen molar-refractivity contribution < 1.29 is 9.53 Å². The van der Waals surface area contributed by atoms with Crippen LogP contribution in [0, 0.1) is 5.92 Å². The predicted molar refractivity (Wildman–Crippen MR) is 107 cm³/mol. The minimum absolute atomic E-state index is 0. The van der Waals surface area contributed by atoms with E-state index >= 15 is 0 Å². The first-order valence-electron chi connectivity index (χ1n) is 8.46. The molecule has 1 aliphatic heterocycles. The van der Waals surface area contributed by atoms with Gasteiger partial charge in [-0.15, -0.1) is 24.8 Å². The van der Waals surface area contributed by atoms with Crippen molar-refractivity contribution in [2.24, 2.45) is 11.7 Å². The molecule has 0 aromatic heterocycles. The molecule has 1 heterocycles. The number of halogens is 2. The van der Waals surface area contributed by atoms with Crippen LogP contribution < -0.4 is 11.1 Å². The molecule has 1 saturated heterocycles. The Labute approximate surface area is 163 Å². The molecule has 0 aliphatic carbocycles. The molecular weight excluding hydrogens is 361 g/mol. The fourth-order valence-electron chi connectivity index (χ4n) is 2.73. The van der Waals surface area contributed by atoms with E-state index in [4.69, 9.17) is 10.5 Å². The van der Waals surface area contributed by atoms with E-state index in [2.05, 4.69) is 22.3 Å². The van der Waals surface area contributed by atoms with Crippen molar-refractivity contribution in [2.45, 2.75) is 32.4 Å². The van der Waals surface area contributed by atoms with Gasteiger partial charge in [-0.1, -0.05) is 37.3 Å². The molecule has 5 nitrogen and oxygen atoms in total. The number of hydrogen-bond acceptors (Lipinski definition) is 4. The molecule has 1 aromatic rings. The number of morpholine rings is 1. The minimum atomic E-state index is -0.182. The van der Waals surface area contributed by atoms with Crippen LogP contribution in [-0.4, -0.2) is 55.7 Å². The summed E-state index contributed by atoms with van der Waals surface area (Å²) in [6, 6.07) is 10.2. The monoisotopic (exact) mass is 391 g/mol. The fourth-order valence-corrected chi connectivity index (χ4v) is 2.73. The molecular formula is C18H31Cl2N3O2. The van der Waals surface area contributed by atoms with Gasteiger partial charge in [0.1, 0.15) is 0 Å². The summed E-state index contributed by atoms with van der Waals surface area (Å²) in [7, 11) is 0. The van der Waals surface area contributed by atoms with Gasteiger partial charge in [-0.05, 0) is 18.9 Å². The number of carbonyl (C=O) groups is 1. The van der Waals surface area contributed by atoms with Crippen LogP contribution >= 0.6 is 24.8 Å². The normalized spacial score (nSPS) is 18.2. The molecule has 144 valence electrons. The third kappa shape index (κ3) is 8.38. The second-order valence-electron chi connectivity index (χ2n) is 6.46. The number of ether oxygens (including phenoxy) is 1. The van der Waals surface area contributed by atoms with Crippen molar-refractivity contribution in [3.05, 3.63) is 35.9 Å². The first-order chi connectivity index (χ1) is 11.1. The van der Waals surface area contributed by atoms with Gasteiger partial charge in [-0.3, -0.25) is 9.69 Å². The summed E-state index contributed by atoms with van der Waals surface area (Å²) in [5.41, 5.74) is 7.10. The van der Waals surface area contributed by atoms with Gasteiger partial charge in [-0.25, -0.2) is 0 Å². The van der Waals surface area contributed by atoms with Crippen LogP contribution in [0.2, 0.25) is 0 Å². The highest BCUT2D eigenvalue weighted by Gasteiger charge is 2.23. The van der Waals surface area contributed by atoms with Gasteiger partial charge in [0, 0.05) is 37.6 Å². The number of hydrogen-bond donors (Lipinski definition) is 2. The number of amides is 1. The Balaban J connectivity index is 0.00000288. The molecule has 0 spiro atoms. The summed E-state index contributed by atoms with van der Waals surface area (Å²) >= 11 is 0. The standard InChI is InChI=1S/C18H29N3O2.2ClH/c1-14(15(2)19)18(22)20-17(12-16-6-4-3-5-7-16)13-21-8-10-23-11-9-21;;/h3-7,14-15,17H,8-13,19H2,1-2H3,(H,20,22);2*1H. The largest absolute Gasteiger partial charge is 0.379 e. The Kier molecular flexibility index (Phi) is 12.1. The molecule has 2 rings (SSSR count). The van der Waals surface area contributed by atoms with Crippen LogP contribution in [0.15, 0.2) is 30.3 Å². The third-order valence-electron chi connectivity index (χ3n) is 4.46. The van der Waals surface area contributed by atoms with Crippen LogP contribution in [0.5, 0.6) is 0 Å². The molecule has 25 heavy (non-hydrogen) atoms. The van der Waals surface area contributed by atoms with Gasteiger partial charge in [0.05, 0.1) is 13.2 Å². The number of nitrogens with one attached hydrogen (secondary N) is 1. The molecule has 3 unspecified atom stereocenters. The number of rotatable bonds is 7. The zero-order valence-electron chi connectivity index (χ0n) is 15.0. The third-order valence-corrected chi connectivity index (χ3v) is 4.46. The van der Waals surface area contributed by atoms with Crippen molar-refractivity contribution in [1.29, 1.82) is 0 Å². The average molecular weight is 392 g/mol. The van der Waals surface area contributed by atoms with E-state index in [0.717, 1.165) is 39.3 Å². The molecule has 7 heteroatoms. The van der Waals surface area contributed by atoms with Gasteiger partial charge < -0.3 is 15.8 Å². The lowest BCUT2D eigenvalue weighted by Crippen LogP contribution is -2.50. The van der Waals surface area contributed by atoms with E-state index in [-0.39, 0.29) is 48.7 Å². The summed E-state index contributed by atoms with van der Waals surface area (Å²) in [5.74, 6) is -0.146. The van der Waals surface area contributed by atoms with Crippen LogP contribution in [-0.2, 0) is 16.0 Å². The highest BCUT2D eigenvalue weighted by atomic mass is 35.5. The van der Waals surface area contributed by atoms with Gasteiger partial charge in [0.15, 0.2) is 0 Å². The molecule has 1 amide bonds. The zero-order chi connectivity index (χ0) is 16.7. The predicted octanol–water partition coefficient (Wildman–Crippen LogP) is 1.87. The Hall–Kier alpha value is -0.850. The molecule has 3 N–H and O–H groups in total. The van der Waals surface area contributed by atoms with Crippen molar-refractivity contribution in [2.75, 3.05) is 32.8 Å². The van der Waals surface area contributed by atoms with Crippen molar-refractivity contribution in [3.63, 3.8) is 0 Å². The Morgan fingerprint density at radius 2 is 1.80 bits per heavy atom. The lowest BCUT2D eigenvalue weighted by Gasteiger charge is -2.31. The number of nitrogens with zero attached hydrogens (tertiary/aromatic N) is 1. The van der Waals surface area contributed by atoms with E-state index in [1.54, 1.807) is 0 Å². The highest BCUT2D eigenvalue weighted by Crippen LogP contribution is 2.08. The van der Waals surface area contributed by atoms with Crippen LogP contribution in [0.4, 0.5) is 0 Å². The van der Waals surface area contributed by atoms with E-state index in [0.29, 0.717) is 0 Å². The first kappa shape index (κ1) is 24.1. The molecule has 1 fully saturated rings. The minimum Gasteiger partial charge on any atom is -0.379 e. The second kappa shape index (κ2) is 12.5. The quantitative estimate of drug-likeness (QED) is 0.744. The maximum Gasteiger partial charge on any atom is 0.224 e. The lowest BCUT2D eigenvalue weighted by atomic mass is 10.0.